The largest absolute Gasteiger partial charge is 0.481 e. The lowest BCUT2D eigenvalue weighted by Crippen LogP contribution is -2.62. The first-order chi connectivity index (χ1) is 67.6. The molecule has 0 aromatic heterocycles. The number of primary amides is 1. The number of hydrogen-bond acceptors (Lipinski definition) is 29. The molecule has 48 nitrogen and oxygen atoms in total. The minimum Gasteiger partial charge on any atom is -0.481 e. The Labute approximate surface area is 844 Å². The fraction of sp³-hybridized carbons (Fsp3) is 0.565. The minimum absolute atomic E-state index is 0.0320. The third kappa shape index (κ3) is 45.4. The van der Waals surface area contributed by atoms with Gasteiger partial charge in [0.2, 0.25) is 118 Å². The number of carboxylic acids is 2. The van der Waals surface area contributed by atoms with E-state index in [0.717, 1.165) is 0 Å². The summed E-state index contributed by atoms with van der Waals surface area (Å²) >= 11 is 12.7. The summed E-state index contributed by atoms with van der Waals surface area (Å²) < 4.78 is 0. The van der Waals surface area contributed by atoms with Crippen molar-refractivity contribution in [3.8, 4) is 0 Å². The molecule has 51 heteroatoms. The van der Waals surface area contributed by atoms with Crippen LogP contribution in [-0.2, 0) is 125 Å². The Morgan fingerprint density at radius 1 is 0.322 bits per heavy atom. The van der Waals surface area contributed by atoms with Crippen molar-refractivity contribution in [3.63, 3.8) is 0 Å². The summed E-state index contributed by atoms with van der Waals surface area (Å²) in [4.78, 5) is 297. The number of nitrogens with one attached hydrogen (secondary N) is 19. The summed E-state index contributed by atoms with van der Waals surface area (Å²) in [6.07, 6.45) is -1.12. The van der Waals surface area contributed by atoms with E-state index in [2.05, 4.69) is 139 Å². The summed E-state index contributed by atoms with van der Waals surface area (Å²) in [6, 6.07) is 0.921. The minimum atomic E-state index is -1.95. The number of aliphatic carboxylic acids is 2. The van der Waals surface area contributed by atoms with Gasteiger partial charge >= 0.3 is 11.9 Å². The number of carboxylic acid groups (broad SMARTS) is 2. The summed E-state index contributed by atoms with van der Waals surface area (Å²) in [5, 5.41) is 85.9. The molecular formula is C92H140N22O26S3. The smallest absolute Gasteiger partial charge is 0.326 e. The second-order valence-electron chi connectivity index (χ2n) is 35.1. The summed E-state index contributed by atoms with van der Waals surface area (Å²) in [6.45, 7) is 10.8. The molecule has 0 saturated carbocycles. The maximum atomic E-state index is 14.3. The van der Waals surface area contributed by atoms with Gasteiger partial charge < -0.3 is 139 Å². The van der Waals surface area contributed by atoms with E-state index >= 15 is 0 Å². The molecular weight excluding hydrogens is 1930 g/mol. The van der Waals surface area contributed by atoms with E-state index in [1.165, 1.54) is 13.8 Å². The Morgan fingerprint density at radius 2 is 0.636 bits per heavy atom. The Bertz CT molecular complexity index is 4790. The highest BCUT2D eigenvalue weighted by Crippen LogP contribution is 2.17. The summed E-state index contributed by atoms with van der Waals surface area (Å²) in [5.74, 6) is -27.1. The van der Waals surface area contributed by atoms with Crippen molar-refractivity contribution < 1.29 is 126 Å². The maximum absolute atomic E-state index is 14.3. The number of amides is 20. The van der Waals surface area contributed by atoms with Gasteiger partial charge in [-0.15, -0.1) is 0 Å². The Kier molecular flexibility index (Phi) is 56.5. The van der Waals surface area contributed by atoms with Crippen molar-refractivity contribution in [1.29, 1.82) is 0 Å². The number of unbranched alkanes of at least 4 members (excludes halogenated alkanes) is 1. The van der Waals surface area contributed by atoms with E-state index in [9.17, 15) is 126 Å². The quantitative estimate of drug-likeness (QED) is 0.0184. The van der Waals surface area contributed by atoms with Crippen molar-refractivity contribution in [2.24, 2.45) is 46.8 Å². The number of hydrogen-bond donors (Lipinski definition) is 29. The zero-order chi connectivity index (χ0) is 107. The molecule has 0 fully saturated rings. The molecule has 143 heavy (non-hydrogen) atoms. The third-order valence-electron chi connectivity index (χ3n) is 22.3. The first kappa shape index (κ1) is 124. The lowest BCUT2D eigenvalue weighted by molar-refractivity contribution is -0.143. The average Bonchev–Trinajstić information content (AvgIpc) is 0.847. The highest BCUT2D eigenvalue weighted by molar-refractivity contribution is 7.80. The lowest BCUT2D eigenvalue weighted by Gasteiger charge is -2.29. The molecule has 20 amide bonds. The van der Waals surface area contributed by atoms with Gasteiger partial charge in [-0.05, 0) is 84.9 Å². The number of aliphatic hydroxyl groups is 2. The molecule has 0 aliphatic carbocycles. The number of nitrogens with two attached hydrogens (primary N) is 3. The Balaban J connectivity index is 1.66. The van der Waals surface area contributed by atoms with E-state index in [0.29, 0.717) is 29.5 Å². The second-order valence-corrected chi connectivity index (χ2v) is 36.2. The standard InChI is InChI=1S/C92H140N22O26S3/c1-11-50(9)75(114-84(131)60(36-67(95)117)102-77(124)55(94)33-52-24-16-13-17-25-52)91(138)105-57(32-47(3)4)82(129)109-65(45-142)87(134)107-62(42-115)80(127)97-38-68(118)96-39-69(119)100-56(30-22-23-31-93)81(128)104-61(37-72(122)123)79(126)98-40-70(120)101-64(44-141)88(135)113-74(49(7)8)90(137)110-66(46-143)86(133)103-59(35-54-28-20-15-21-29-54)83(130)108-63(43-116)85(132)112-73(48(5)6)89(136)106-58(34-53-26-18-14-19-27-53)78(125)99-41-71(121)111-76(92(139)140)51(10)12-2/h13-21,24-29,47-51,55-66,73-76,115-116,141-143H,11-12,22-23,30-46,93-94H2,1-10H3,(H2,95,117)(H,96,118)(H,97,127)(H,98,126)(H,99,125)(H,100,119)(H,101,120)(H,102,124)(H,103,133)(H,104,128)(H,105,138)(H,106,136)(H,107,134)(H,108,130)(H,109,129)(H,110,137)(H,111,121)(H,112,132)(H,113,135)(H,114,131)(H,122,123)(H,139,140)/t50-,51-,55-,56-,57-,58-,59-,60-,61-,62-,63-,64-,65-,66-,73-,74-,75-,76-/m0/s1. The predicted octanol–water partition coefficient (Wildman–Crippen LogP) is -7.43. The maximum Gasteiger partial charge on any atom is 0.326 e. The SMILES string of the molecule is CC[C@H](C)[C@H](NC(=O)CNC(=O)[C@H](Cc1ccccc1)NC(=O)[C@@H](NC(=O)[C@H](CO)NC(=O)[C@H](Cc1ccccc1)NC(=O)[C@H](CS)NC(=O)[C@@H](NC(=O)[C@H](CS)NC(=O)CNC(=O)[C@H](CC(=O)O)NC(=O)[C@H](CCCCN)NC(=O)CNC(=O)CNC(=O)[C@H](CO)NC(=O)[C@H](CS)NC(=O)[C@H](CC(C)C)NC(=O)[C@@H](NC(=O)[C@H](CC(N)=O)NC(=O)[C@@H](N)Cc1ccccc1)[C@@H](C)CC)C(C)C)C(C)C)C(=O)O. The lowest BCUT2D eigenvalue weighted by atomic mass is 9.96. The Morgan fingerprint density at radius 3 is 1.08 bits per heavy atom. The molecule has 0 saturated heterocycles. The number of thiol groups is 3. The fourth-order valence-electron chi connectivity index (χ4n) is 13.8. The van der Waals surface area contributed by atoms with Crippen LogP contribution < -0.4 is 118 Å². The molecule has 0 bridgehead atoms. The number of rotatable bonds is 66. The highest BCUT2D eigenvalue weighted by atomic mass is 32.1. The van der Waals surface area contributed by atoms with Crippen molar-refractivity contribution >= 4 is 168 Å². The molecule has 0 aliphatic heterocycles. The van der Waals surface area contributed by atoms with Gasteiger partial charge in [-0.1, -0.05) is 173 Å². The first-order valence-electron chi connectivity index (χ1n) is 46.6. The van der Waals surface area contributed by atoms with Gasteiger partial charge in [0.15, 0.2) is 0 Å². The van der Waals surface area contributed by atoms with Crippen LogP contribution in [-0.4, -0.2) is 310 Å². The van der Waals surface area contributed by atoms with Gasteiger partial charge in [0, 0.05) is 30.1 Å². The number of carbonyl (C=O) groups excluding carboxylic acids is 20. The van der Waals surface area contributed by atoms with Crippen molar-refractivity contribution in [2.45, 2.75) is 237 Å². The Hall–Kier alpha value is -13.1. The molecule has 3 aromatic carbocycles. The number of carbonyl (C=O) groups is 22. The topological polar surface area (TPSA) is 763 Å². The highest BCUT2D eigenvalue weighted by Gasteiger charge is 2.41. The van der Waals surface area contributed by atoms with Gasteiger partial charge in [-0.25, -0.2) is 4.79 Å². The average molecular weight is 2070 g/mol. The zero-order valence-corrected chi connectivity index (χ0v) is 84.2. The van der Waals surface area contributed by atoms with Crippen LogP contribution in [0.25, 0.3) is 0 Å². The van der Waals surface area contributed by atoms with Gasteiger partial charge in [-0.2, -0.15) is 37.9 Å². The zero-order valence-electron chi connectivity index (χ0n) is 81.5. The molecule has 18 atom stereocenters. The summed E-state index contributed by atoms with van der Waals surface area (Å²) in [7, 11) is 0. The first-order valence-corrected chi connectivity index (χ1v) is 48.5. The van der Waals surface area contributed by atoms with Crippen LogP contribution in [0.5, 0.6) is 0 Å². The molecule has 29 N–H and O–H groups in total. The van der Waals surface area contributed by atoms with Crippen LogP contribution in [0.4, 0.5) is 0 Å². The third-order valence-corrected chi connectivity index (χ3v) is 23.4. The predicted molar refractivity (Wildman–Crippen MR) is 530 cm³/mol. The van der Waals surface area contributed by atoms with Crippen LogP contribution in [0, 0.1) is 29.6 Å². The number of benzene rings is 3. The molecule has 0 heterocycles. The van der Waals surface area contributed by atoms with Crippen LogP contribution >= 0.6 is 37.9 Å². The molecule has 0 radical (unpaired) electrons. The van der Waals surface area contributed by atoms with E-state index < -0.39 is 320 Å². The van der Waals surface area contributed by atoms with Crippen molar-refractivity contribution in [1.82, 2.24) is 101 Å². The van der Waals surface area contributed by atoms with E-state index in [1.54, 1.807) is 146 Å². The molecule has 0 spiro atoms. The molecule has 792 valence electrons. The normalized spacial score (nSPS) is 14.9. The summed E-state index contributed by atoms with van der Waals surface area (Å²) in [5.41, 5.74) is 19.0. The van der Waals surface area contributed by atoms with Crippen LogP contribution in [0.3, 0.4) is 0 Å². The van der Waals surface area contributed by atoms with Crippen LogP contribution in [0.2, 0.25) is 0 Å². The fourth-order valence-corrected chi connectivity index (χ4v) is 14.5. The van der Waals surface area contributed by atoms with Crippen molar-refractivity contribution in [2.75, 3.05) is 63.2 Å². The van der Waals surface area contributed by atoms with E-state index in [4.69, 9.17) is 17.2 Å². The van der Waals surface area contributed by atoms with Crippen LogP contribution in [0.15, 0.2) is 91.0 Å². The van der Waals surface area contributed by atoms with E-state index in [1.807, 2.05) is 0 Å². The van der Waals surface area contributed by atoms with Gasteiger partial charge in [0.25, 0.3) is 0 Å². The van der Waals surface area contributed by atoms with Gasteiger partial charge in [0.05, 0.1) is 58.3 Å². The second kappa shape index (κ2) is 65.1. The van der Waals surface area contributed by atoms with Crippen molar-refractivity contribution in [3.05, 3.63) is 108 Å². The van der Waals surface area contributed by atoms with Gasteiger partial charge in [-0.3, -0.25) is 101 Å². The van der Waals surface area contributed by atoms with E-state index in [-0.39, 0.29) is 57.4 Å². The number of aliphatic hydroxyl groups excluding tert-OH is 2. The monoisotopic (exact) mass is 2060 g/mol. The molecule has 0 unspecified atom stereocenters. The molecule has 3 rings (SSSR count). The van der Waals surface area contributed by atoms with Crippen LogP contribution in [0.1, 0.15) is 137 Å². The molecule has 3 aromatic rings. The molecule has 0 aliphatic rings. The van der Waals surface area contributed by atoms with Gasteiger partial charge in [0.1, 0.15) is 90.6 Å².